The maximum absolute atomic E-state index is 2.72. The molecule has 19 aromatic carbocycles. The normalized spacial score (nSPS) is 12.5. The van der Waals surface area contributed by atoms with E-state index in [1.807, 2.05) is 11.8 Å². The second-order valence-electron chi connectivity index (χ2n) is 32.5. The van der Waals surface area contributed by atoms with Crippen LogP contribution >= 0.6 is 11.8 Å². The molecule has 0 unspecified atom stereocenters. The van der Waals surface area contributed by atoms with Crippen LogP contribution in [0.5, 0.6) is 0 Å². The highest BCUT2D eigenvalue weighted by atomic mass is 32.2. The summed E-state index contributed by atoms with van der Waals surface area (Å²) in [7, 11) is 0. The monoisotopic (exact) mass is 1570 g/mol. The Morgan fingerprint density at radius 3 is 1.13 bits per heavy atom. The summed E-state index contributed by atoms with van der Waals surface area (Å²) in [5, 5.41) is 12.1. The molecule has 7 heterocycles. The van der Waals surface area contributed by atoms with Crippen LogP contribution in [0, 0.1) is 0 Å². The molecular weight excluding hydrogens is 1500 g/mol. The first-order valence-electron chi connectivity index (χ1n) is 42.1. The minimum absolute atomic E-state index is 0.272. The lowest BCUT2D eigenvalue weighted by Crippen LogP contribution is -2.60. The molecule has 0 saturated heterocycles. The Kier molecular flexibility index (Phi) is 15.1. The topological polar surface area (TPSA) is 27.9 Å². The molecule has 2 aliphatic rings. The molecular formula is C114H71BN6S. The van der Waals surface area contributed by atoms with Gasteiger partial charge in [-0.05, 0) is 183 Å². The van der Waals surface area contributed by atoms with Crippen molar-refractivity contribution in [2.45, 2.75) is 9.79 Å². The fourth-order valence-electron chi connectivity index (χ4n) is 21.0. The van der Waals surface area contributed by atoms with Gasteiger partial charge in [-0.15, -0.1) is 0 Å². The number of benzene rings is 19. The number of rotatable bonds is 11. The Morgan fingerprint density at radius 1 is 0.205 bits per heavy atom. The van der Waals surface area contributed by atoms with E-state index in [9.17, 15) is 0 Å². The quantitative estimate of drug-likeness (QED) is 0.121. The summed E-state index contributed by atoms with van der Waals surface area (Å²) in [5.74, 6) is 0. The van der Waals surface area contributed by atoms with Gasteiger partial charge in [0.15, 0.2) is 0 Å². The standard InChI is InChI=1S/C114H71BN6S/c1-5-30-72(31-6-1)75-36-27-37-76(66-75)77-58-63-102-91(67-77)90-46-19-22-51-97(90)118(102)81-59-61-93-107(71-81)121(113-82(73-32-7-2-8-33-73)47-28-48-83(113)74-34-9-3-10-35-74)108-68-78(110-104(119-98-52-23-15-42-86(98)87-43-16-24-53-99(87)119)56-29-57-105(110)120-100-54-25-17-44-88(100)89-45-18-26-55-101(89)120)69-109-112(108)115(93)94-62-65-106-111(114(94)122-109)92-70-80(60-64-103(92)116(106)79-38-11-4-12-39-79)117-95-49-20-13-40-84(95)85-41-14-21-50-96(85)117/h1-71H. The molecule has 0 saturated carbocycles. The molecule has 0 amide bonds. The summed E-state index contributed by atoms with van der Waals surface area (Å²) in [4.78, 5) is 5.16. The Balaban J connectivity index is 0.812. The fraction of sp³-hybridized carbons (Fsp3) is 0. The van der Waals surface area contributed by atoms with Gasteiger partial charge in [-0.1, -0.05) is 314 Å². The Labute approximate surface area is 708 Å². The van der Waals surface area contributed by atoms with Crippen molar-refractivity contribution >= 4 is 161 Å². The van der Waals surface area contributed by atoms with Crippen molar-refractivity contribution in [2.75, 3.05) is 4.90 Å². The van der Waals surface area contributed by atoms with E-state index in [0.29, 0.717) is 0 Å². The first-order valence-corrected chi connectivity index (χ1v) is 42.9. The average Bonchev–Trinajstić information content (AvgIpc) is 1.61. The summed E-state index contributed by atoms with van der Waals surface area (Å²) in [6.07, 6.45) is 0. The third-order valence-electron chi connectivity index (χ3n) is 26.1. The van der Waals surface area contributed by atoms with Crippen molar-refractivity contribution in [3.05, 3.63) is 431 Å². The van der Waals surface area contributed by atoms with Crippen LogP contribution in [0.3, 0.4) is 0 Å². The van der Waals surface area contributed by atoms with Gasteiger partial charge in [-0.2, -0.15) is 0 Å². The molecule has 566 valence electrons. The van der Waals surface area contributed by atoms with Gasteiger partial charge in [-0.3, -0.25) is 0 Å². The molecule has 122 heavy (non-hydrogen) atoms. The van der Waals surface area contributed by atoms with E-state index in [2.05, 4.69) is 458 Å². The van der Waals surface area contributed by atoms with Gasteiger partial charge in [0.1, 0.15) is 0 Å². The van der Waals surface area contributed by atoms with Gasteiger partial charge in [0, 0.05) is 109 Å². The lowest BCUT2D eigenvalue weighted by molar-refractivity contribution is 1.13. The molecule has 0 radical (unpaired) electrons. The highest BCUT2D eigenvalue weighted by molar-refractivity contribution is 8.00. The Bertz CT molecular complexity index is 8150. The second-order valence-corrected chi connectivity index (χ2v) is 33.6. The summed E-state index contributed by atoms with van der Waals surface area (Å²) < 4.78 is 12.6. The predicted octanol–water partition coefficient (Wildman–Crippen LogP) is 28.3. The van der Waals surface area contributed by atoms with Crippen molar-refractivity contribution < 1.29 is 0 Å². The number of aromatic nitrogens is 5. The molecule has 8 heteroatoms. The molecule has 0 spiro atoms. The van der Waals surface area contributed by atoms with E-state index in [-0.39, 0.29) is 6.71 Å². The molecule has 0 fully saturated rings. The van der Waals surface area contributed by atoms with Crippen molar-refractivity contribution in [1.82, 2.24) is 22.8 Å². The molecule has 2 aliphatic heterocycles. The molecule has 0 aliphatic carbocycles. The smallest absolute Gasteiger partial charge is 0.249 e. The van der Waals surface area contributed by atoms with Crippen LogP contribution in [0.1, 0.15) is 0 Å². The number of anilines is 3. The first-order chi connectivity index (χ1) is 60.6. The summed E-state index contributed by atoms with van der Waals surface area (Å²) in [6.45, 7) is -0.272. The lowest BCUT2D eigenvalue weighted by Gasteiger charge is -2.42. The second kappa shape index (κ2) is 27.0. The van der Waals surface area contributed by atoms with Crippen molar-refractivity contribution in [2.24, 2.45) is 0 Å². The van der Waals surface area contributed by atoms with Crippen LogP contribution in [0.15, 0.2) is 441 Å². The SMILES string of the molecule is c1ccc(-c2cccc(-c3ccc4c(c3)c3ccccc3n4-c3ccc4c(c3)N(c3c(-c5ccccc5)cccc3-c3ccccc3)c3cc(-c5c(-n6c7ccccc7c7ccccc76)cccc5-n5c6ccccc6c6ccccc65)cc5c3B4c3ccc4c(c3S5)c3cc(-n5c6ccccc6c6ccccc65)ccc3n4-c3ccccc3)c2)cc1. The maximum atomic E-state index is 2.72. The molecule has 0 atom stereocenters. The molecule has 5 aromatic heterocycles. The number of nitrogens with zero attached hydrogens (tertiary/aromatic N) is 6. The third-order valence-corrected chi connectivity index (χ3v) is 27.3. The van der Waals surface area contributed by atoms with Gasteiger partial charge in [0.2, 0.25) is 6.71 Å². The van der Waals surface area contributed by atoms with Crippen LogP contribution in [0.25, 0.3) is 193 Å². The third kappa shape index (κ3) is 10.2. The van der Waals surface area contributed by atoms with E-state index in [1.54, 1.807) is 0 Å². The maximum Gasteiger partial charge on any atom is 0.249 e. The number of hydrogen-bond donors (Lipinski definition) is 0. The zero-order valence-electron chi connectivity index (χ0n) is 66.2. The van der Waals surface area contributed by atoms with Crippen molar-refractivity contribution in [3.63, 3.8) is 0 Å². The molecule has 0 N–H and O–H groups in total. The highest BCUT2D eigenvalue weighted by Gasteiger charge is 2.44. The predicted molar refractivity (Wildman–Crippen MR) is 515 cm³/mol. The van der Waals surface area contributed by atoms with Crippen LogP contribution in [0.4, 0.5) is 17.1 Å². The molecule has 6 nitrogen and oxygen atoms in total. The van der Waals surface area contributed by atoms with Crippen LogP contribution in [-0.2, 0) is 0 Å². The van der Waals surface area contributed by atoms with Gasteiger partial charge in [-0.25, -0.2) is 0 Å². The minimum atomic E-state index is -0.272. The van der Waals surface area contributed by atoms with Gasteiger partial charge in [0.25, 0.3) is 0 Å². The fourth-order valence-corrected chi connectivity index (χ4v) is 22.3. The summed E-state index contributed by atoms with van der Waals surface area (Å²) in [5.41, 5.74) is 35.4. The van der Waals surface area contributed by atoms with Crippen molar-refractivity contribution in [1.29, 1.82) is 0 Å². The summed E-state index contributed by atoms with van der Waals surface area (Å²) in [6, 6.07) is 162. The van der Waals surface area contributed by atoms with E-state index in [1.165, 1.54) is 113 Å². The number of para-hydroxylation sites is 9. The first kappa shape index (κ1) is 68.5. The zero-order valence-corrected chi connectivity index (χ0v) is 67.0. The van der Waals surface area contributed by atoms with E-state index in [4.69, 9.17) is 0 Å². The van der Waals surface area contributed by atoms with Crippen LogP contribution in [0.2, 0.25) is 0 Å². The van der Waals surface area contributed by atoms with Crippen molar-refractivity contribution in [3.8, 4) is 84.1 Å². The van der Waals surface area contributed by atoms with Crippen LogP contribution < -0.4 is 21.3 Å². The van der Waals surface area contributed by atoms with E-state index >= 15 is 0 Å². The number of fused-ring (bicyclic) bond motifs is 20. The lowest BCUT2D eigenvalue weighted by atomic mass is 9.34. The van der Waals surface area contributed by atoms with E-state index < -0.39 is 0 Å². The van der Waals surface area contributed by atoms with Gasteiger partial charge in [0.05, 0.1) is 72.2 Å². The molecule has 24 aromatic rings. The van der Waals surface area contributed by atoms with Gasteiger partial charge < -0.3 is 27.7 Å². The van der Waals surface area contributed by atoms with E-state index in [0.717, 1.165) is 123 Å². The molecule has 0 bridgehead atoms. The largest absolute Gasteiger partial charge is 0.310 e. The highest BCUT2D eigenvalue weighted by Crippen LogP contribution is 2.54. The summed E-state index contributed by atoms with van der Waals surface area (Å²) >= 11 is 1.95. The van der Waals surface area contributed by atoms with Crippen LogP contribution in [-0.4, -0.2) is 29.5 Å². The zero-order chi connectivity index (χ0) is 79.8. The Morgan fingerprint density at radius 2 is 0.590 bits per heavy atom. The van der Waals surface area contributed by atoms with Gasteiger partial charge >= 0.3 is 0 Å². The average molecular weight is 1570 g/mol. The Hall–Kier alpha value is -15.6. The molecule has 26 rings (SSSR count). The minimum Gasteiger partial charge on any atom is -0.310 e. The number of hydrogen-bond acceptors (Lipinski definition) is 2.